The summed E-state index contributed by atoms with van der Waals surface area (Å²) >= 11 is 0. The summed E-state index contributed by atoms with van der Waals surface area (Å²) in [4.78, 5) is 23.9. The molecule has 0 unspecified atom stereocenters. The Morgan fingerprint density at radius 2 is 2.00 bits per heavy atom. The van der Waals surface area contributed by atoms with Gasteiger partial charge in [0, 0.05) is 18.5 Å². The lowest BCUT2D eigenvalue weighted by Crippen LogP contribution is -2.37. The normalized spacial score (nSPS) is 19.2. The van der Waals surface area contributed by atoms with Gasteiger partial charge in [-0.15, -0.1) is 0 Å². The molecule has 6 heteroatoms. The third kappa shape index (κ3) is 2.89. The molecular weight excluding hydrogens is 256 g/mol. The van der Waals surface area contributed by atoms with Crippen LogP contribution < -0.4 is 0 Å². The van der Waals surface area contributed by atoms with Gasteiger partial charge < -0.3 is 10.0 Å². The van der Waals surface area contributed by atoms with Crippen LogP contribution >= 0.6 is 0 Å². The third-order valence-electron chi connectivity index (χ3n) is 3.20. The Morgan fingerprint density at radius 3 is 2.53 bits per heavy atom. The number of benzene rings is 1. The van der Waals surface area contributed by atoms with E-state index in [-0.39, 0.29) is 24.4 Å². The topological polar surface area (TPSA) is 57.6 Å². The fourth-order valence-electron chi connectivity index (χ4n) is 2.15. The molecule has 1 heterocycles. The molecule has 1 N–H and O–H groups in total. The molecule has 4 nitrogen and oxygen atoms in total. The van der Waals surface area contributed by atoms with E-state index < -0.39 is 18.4 Å². The Hall–Kier alpha value is -1.98. The molecule has 0 aliphatic carbocycles. The number of rotatable bonds is 4. The number of hydrogen-bond acceptors (Lipinski definition) is 2. The van der Waals surface area contributed by atoms with Gasteiger partial charge >= 0.3 is 5.97 Å². The monoisotopic (exact) mass is 269 g/mol. The number of carbonyl (C=O) groups is 2. The number of carboxylic acid groups (broad SMARTS) is 1. The van der Waals surface area contributed by atoms with Crippen molar-refractivity contribution in [2.45, 2.75) is 31.9 Å². The van der Waals surface area contributed by atoms with Crippen molar-refractivity contribution in [2.75, 3.05) is 0 Å². The van der Waals surface area contributed by atoms with Crippen LogP contribution in [0.5, 0.6) is 0 Å². The van der Waals surface area contributed by atoms with Gasteiger partial charge in [-0.3, -0.25) is 4.79 Å². The lowest BCUT2D eigenvalue weighted by atomic mass is 10.1. The van der Waals surface area contributed by atoms with Crippen molar-refractivity contribution in [3.63, 3.8) is 0 Å². The minimum atomic E-state index is -2.53. The summed E-state index contributed by atoms with van der Waals surface area (Å²) in [6.45, 7) is 0.138. The van der Waals surface area contributed by atoms with Gasteiger partial charge in [-0.25, -0.2) is 13.6 Å². The van der Waals surface area contributed by atoms with Crippen molar-refractivity contribution >= 4 is 11.9 Å². The fourth-order valence-corrected chi connectivity index (χ4v) is 2.15. The average Bonchev–Trinajstić information content (AvgIpc) is 2.72. The van der Waals surface area contributed by atoms with Crippen molar-refractivity contribution in [3.8, 4) is 0 Å². The predicted octanol–water partition coefficient (Wildman–Crippen LogP) is 2.20. The van der Waals surface area contributed by atoms with E-state index in [0.717, 1.165) is 0 Å². The van der Waals surface area contributed by atoms with Crippen LogP contribution in [0.15, 0.2) is 24.3 Å². The van der Waals surface area contributed by atoms with Crippen molar-refractivity contribution in [1.29, 1.82) is 0 Å². The van der Waals surface area contributed by atoms with Gasteiger partial charge in [-0.2, -0.15) is 0 Å². The molecule has 1 atom stereocenters. The van der Waals surface area contributed by atoms with Crippen LogP contribution in [0.4, 0.5) is 8.78 Å². The molecule has 19 heavy (non-hydrogen) atoms. The Kier molecular flexibility index (Phi) is 3.78. The number of likely N-dealkylation sites (tertiary alicyclic amines) is 1. The Morgan fingerprint density at radius 1 is 1.37 bits per heavy atom. The van der Waals surface area contributed by atoms with Gasteiger partial charge in [-0.05, 0) is 12.0 Å². The van der Waals surface area contributed by atoms with Gasteiger partial charge in [0.1, 0.15) is 6.04 Å². The van der Waals surface area contributed by atoms with E-state index in [0.29, 0.717) is 12.0 Å². The minimum Gasteiger partial charge on any atom is -0.480 e. The molecule has 1 aromatic carbocycles. The van der Waals surface area contributed by atoms with Gasteiger partial charge in [0.2, 0.25) is 5.91 Å². The van der Waals surface area contributed by atoms with Crippen LogP contribution in [-0.2, 0) is 16.1 Å². The van der Waals surface area contributed by atoms with E-state index in [1.165, 1.54) is 29.2 Å². The van der Waals surface area contributed by atoms with Gasteiger partial charge in [0.15, 0.2) is 0 Å². The zero-order valence-electron chi connectivity index (χ0n) is 10.1. The zero-order chi connectivity index (χ0) is 14.0. The van der Waals surface area contributed by atoms with E-state index in [1.54, 1.807) is 0 Å². The summed E-state index contributed by atoms with van der Waals surface area (Å²) in [6, 6.07) is 4.74. The van der Waals surface area contributed by atoms with Crippen molar-refractivity contribution in [2.24, 2.45) is 0 Å². The highest BCUT2D eigenvalue weighted by atomic mass is 19.3. The van der Waals surface area contributed by atoms with Gasteiger partial charge in [0.25, 0.3) is 6.43 Å². The maximum Gasteiger partial charge on any atom is 0.326 e. The SMILES string of the molecule is O=C(O)[C@@H]1CCC(=O)N1Cc1ccc(C(F)F)cc1. The quantitative estimate of drug-likeness (QED) is 0.911. The summed E-state index contributed by atoms with van der Waals surface area (Å²) in [5.74, 6) is -1.25. The van der Waals surface area contributed by atoms with Crippen molar-refractivity contribution < 1.29 is 23.5 Å². The smallest absolute Gasteiger partial charge is 0.326 e. The van der Waals surface area contributed by atoms with Crippen LogP contribution in [0.1, 0.15) is 30.4 Å². The van der Waals surface area contributed by atoms with Crippen LogP contribution in [0, 0.1) is 0 Å². The minimum absolute atomic E-state index is 0.0914. The second-order valence-corrected chi connectivity index (χ2v) is 4.46. The number of halogens is 2. The van der Waals surface area contributed by atoms with Crippen molar-refractivity contribution in [1.82, 2.24) is 4.90 Å². The van der Waals surface area contributed by atoms with E-state index >= 15 is 0 Å². The largest absolute Gasteiger partial charge is 0.480 e. The Bertz CT molecular complexity index is 487. The molecule has 1 fully saturated rings. The average molecular weight is 269 g/mol. The first-order valence-corrected chi connectivity index (χ1v) is 5.88. The number of carbonyl (C=O) groups excluding carboxylic acids is 1. The van der Waals surface area contributed by atoms with Gasteiger partial charge in [0.05, 0.1) is 0 Å². The molecule has 0 saturated carbocycles. The molecule has 102 valence electrons. The van der Waals surface area contributed by atoms with E-state index in [2.05, 4.69) is 0 Å². The highest BCUT2D eigenvalue weighted by Crippen LogP contribution is 2.23. The predicted molar refractivity (Wildman–Crippen MR) is 62.6 cm³/mol. The van der Waals surface area contributed by atoms with E-state index in [9.17, 15) is 18.4 Å². The number of nitrogens with zero attached hydrogens (tertiary/aromatic N) is 1. The molecule has 0 spiro atoms. The van der Waals surface area contributed by atoms with Crippen LogP contribution in [0.3, 0.4) is 0 Å². The molecule has 2 rings (SSSR count). The molecule has 1 aromatic rings. The Labute approximate surface area is 108 Å². The maximum absolute atomic E-state index is 12.4. The summed E-state index contributed by atoms with van der Waals surface area (Å²) < 4.78 is 24.8. The number of alkyl halides is 2. The molecule has 0 aromatic heterocycles. The first kappa shape index (κ1) is 13.5. The molecular formula is C13H13F2NO3. The zero-order valence-corrected chi connectivity index (χ0v) is 10.1. The molecule has 0 bridgehead atoms. The number of aliphatic carboxylic acids is 1. The number of hydrogen-bond donors (Lipinski definition) is 1. The number of carboxylic acids is 1. The second-order valence-electron chi connectivity index (χ2n) is 4.46. The summed E-state index contributed by atoms with van der Waals surface area (Å²) in [6.07, 6.45) is -2.02. The fraction of sp³-hybridized carbons (Fsp3) is 0.385. The standard InChI is InChI=1S/C13H13F2NO3/c14-12(15)9-3-1-8(2-4-9)7-16-10(13(18)19)5-6-11(16)17/h1-4,10,12H,5-7H2,(H,18,19)/t10-/m0/s1. The molecule has 1 aliphatic heterocycles. The lowest BCUT2D eigenvalue weighted by molar-refractivity contribution is -0.146. The number of amides is 1. The molecule has 1 aliphatic rings. The summed E-state index contributed by atoms with van der Waals surface area (Å²) in [7, 11) is 0. The highest BCUT2D eigenvalue weighted by molar-refractivity contribution is 5.87. The second kappa shape index (κ2) is 5.34. The first-order valence-electron chi connectivity index (χ1n) is 5.88. The van der Waals surface area contributed by atoms with Crippen LogP contribution in [0.25, 0.3) is 0 Å². The lowest BCUT2D eigenvalue weighted by Gasteiger charge is -2.21. The third-order valence-corrected chi connectivity index (χ3v) is 3.20. The molecule has 1 amide bonds. The van der Waals surface area contributed by atoms with E-state index in [4.69, 9.17) is 5.11 Å². The van der Waals surface area contributed by atoms with Gasteiger partial charge in [-0.1, -0.05) is 24.3 Å². The molecule has 0 radical (unpaired) electrons. The maximum atomic E-state index is 12.4. The van der Waals surface area contributed by atoms with Crippen LogP contribution in [0.2, 0.25) is 0 Å². The summed E-state index contributed by atoms with van der Waals surface area (Å²) in [5, 5.41) is 9.00. The molecule has 1 saturated heterocycles. The van der Waals surface area contributed by atoms with Crippen molar-refractivity contribution in [3.05, 3.63) is 35.4 Å². The highest BCUT2D eigenvalue weighted by Gasteiger charge is 2.35. The Balaban J connectivity index is 2.11. The first-order chi connectivity index (χ1) is 8.99. The summed E-state index contributed by atoms with van der Waals surface area (Å²) in [5.41, 5.74) is 0.553. The van der Waals surface area contributed by atoms with Crippen LogP contribution in [-0.4, -0.2) is 27.9 Å². The van der Waals surface area contributed by atoms with E-state index in [1.807, 2.05) is 0 Å².